The largest absolute Gasteiger partial charge is 0.380 e. The number of amides is 1. The molecule has 0 aliphatic heterocycles. The summed E-state index contributed by atoms with van der Waals surface area (Å²) in [6.45, 7) is 4.57. The molecule has 5 nitrogen and oxygen atoms in total. The van der Waals surface area contributed by atoms with E-state index >= 15 is 0 Å². The number of carbonyl (C=O) groups excluding carboxylic acids is 1. The van der Waals surface area contributed by atoms with Gasteiger partial charge in [-0.1, -0.05) is 37.3 Å². The quantitative estimate of drug-likeness (QED) is 0.919. The Hall–Kier alpha value is -1.79. The van der Waals surface area contributed by atoms with Gasteiger partial charge in [0.1, 0.15) is 5.01 Å². The zero-order valence-electron chi connectivity index (χ0n) is 11.7. The molecule has 20 heavy (non-hydrogen) atoms. The van der Waals surface area contributed by atoms with Gasteiger partial charge in [0, 0.05) is 18.6 Å². The SMILES string of the molecule is COCc1cccc(C(=O)Nc2nnc(C(C)C)s2)c1. The van der Waals surface area contributed by atoms with Crippen molar-refractivity contribution >= 4 is 22.4 Å². The summed E-state index contributed by atoms with van der Waals surface area (Å²) in [4.78, 5) is 12.1. The lowest BCUT2D eigenvalue weighted by Crippen LogP contribution is -2.12. The first kappa shape index (κ1) is 14.6. The van der Waals surface area contributed by atoms with Crippen molar-refractivity contribution < 1.29 is 9.53 Å². The fourth-order valence-electron chi connectivity index (χ4n) is 1.66. The lowest BCUT2D eigenvalue weighted by atomic mass is 10.1. The molecule has 0 unspecified atom stereocenters. The highest BCUT2D eigenvalue weighted by atomic mass is 32.1. The van der Waals surface area contributed by atoms with E-state index in [2.05, 4.69) is 15.5 Å². The predicted molar refractivity (Wildman–Crippen MR) is 79.1 cm³/mol. The van der Waals surface area contributed by atoms with Crippen molar-refractivity contribution in [3.05, 3.63) is 40.4 Å². The summed E-state index contributed by atoms with van der Waals surface area (Å²) in [5, 5.41) is 12.2. The van der Waals surface area contributed by atoms with Gasteiger partial charge < -0.3 is 4.74 Å². The Morgan fingerprint density at radius 1 is 1.40 bits per heavy atom. The van der Waals surface area contributed by atoms with Crippen molar-refractivity contribution in [2.24, 2.45) is 0 Å². The third kappa shape index (κ3) is 3.61. The molecule has 0 aliphatic rings. The number of carbonyl (C=O) groups is 1. The van der Waals surface area contributed by atoms with Crippen LogP contribution in [0.3, 0.4) is 0 Å². The highest BCUT2D eigenvalue weighted by molar-refractivity contribution is 7.15. The number of ether oxygens (including phenoxy) is 1. The van der Waals surface area contributed by atoms with Gasteiger partial charge in [0.25, 0.3) is 5.91 Å². The number of anilines is 1. The van der Waals surface area contributed by atoms with Gasteiger partial charge in [-0.05, 0) is 17.7 Å². The van der Waals surface area contributed by atoms with Crippen molar-refractivity contribution in [1.82, 2.24) is 10.2 Å². The van der Waals surface area contributed by atoms with E-state index < -0.39 is 0 Å². The molecule has 2 aromatic rings. The van der Waals surface area contributed by atoms with Gasteiger partial charge in [0.15, 0.2) is 0 Å². The number of rotatable bonds is 5. The van der Waals surface area contributed by atoms with Crippen LogP contribution in [0.1, 0.15) is 40.7 Å². The van der Waals surface area contributed by atoms with Gasteiger partial charge >= 0.3 is 0 Å². The van der Waals surface area contributed by atoms with Crippen LogP contribution in [0.5, 0.6) is 0 Å². The monoisotopic (exact) mass is 291 g/mol. The number of nitrogens with one attached hydrogen (secondary N) is 1. The van der Waals surface area contributed by atoms with Gasteiger partial charge in [0.05, 0.1) is 6.61 Å². The number of benzene rings is 1. The van der Waals surface area contributed by atoms with Gasteiger partial charge in [-0.25, -0.2) is 0 Å². The lowest BCUT2D eigenvalue weighted by molar-refractivity contribution is 0.102. The molecule has 0 aliphatic carbocycles. The Balaban J connectivity index is 2.09. The number of aromatic nitrogens is 2. The third-order valence-electron chi connectivity index (χ3n) is 2.66. The minimum absolute atomic E-state index is 0.186. The molecule has 1 N–H and O–H groups in total. The van der Waals surface area contributed by atoms with Crippen LogP contribution in [0.2, 0.25) is 0 Å². The van der Waals surface area contributed by atoms with Crippen LogP contribution in [-0.2, 0) is 11.3 Å². The summed E-state index contributed by atoms with van der Waals surface area (Å²) in [5.41, 5.74) is 1.54. The van der Waals surface area contributed by atoms with E-state index in [1.165, 1.54) is 11.3 Å². The van der Waals surface area contributed by atoms with E-state index in [1.807, 2.05) is 32.0 Å². The summed E-state index contributed by atoms with van der Waals surface area (Å²) in [6, 6.07) is 7.33. The van der Waals surface area contributed by atoms with Crippen molar-refractivity contribution in [1.29, 1.82) is 0 Å². The Bertz CT molecular complexity index is 596. The molecule has 2 rings (SSSR count). The van der Waals surface area contributed by atoms with Gasteiger partial charge in [-0.3, -0.25) is 10.1 Å². The molecule has 0 fully saturated rings. The van der Waals surface area contributed by atoms with Crippen LogP contribution in [0, 0.1) is 0 Å². The fourth-order valence-corrected chi connectivity index (χ4v) is 2.40. The smallest absolute Gasteiger partial charge is 0.257 e. The molecule has 1 aromatic heterocycles. The van der Waals surface area contributed by atoms with E-state index in [4.69, 9.17) is 4.74 Å². The zero-order valence-corrected chi connectivity index (χ0v) is 12.5. The molecule has 0 spiro atoms. The summed E-state index contributed by atoms with van der Waals surface area (Å²) in [6.07, 6.45) is 0. The maximum absolute atomic E-state index is 12.1. The number of methoxy groups -OCH3 is 1. The molecular weight excluding hydrogens is 274 g/mol. The highest BCUT2D eigenvalue weighted by Crippen LogP contribution is 2.22. The third-order valence-corrected chi connectivity index (χ3v) is 3.79. The Labute approximate surface area is 122 Å². The molecule has 1 heterocycles. The van der Waals surface area contributed by atoms with Crippen LogP contribution in [0.15, 0.2) is 24.3 Å². The molecule has 106 valence electrons. The van der Waals surface area contributed by atoms with E-state index in [9.17, 15) is 4.79 Å². The Morgan fingerprint density at radius 2 is 2.20 bits per heavy atom. The lowest BCUT2D eigenvalue weighted by Gasteiger charge is -2.04. The average molecular weight is 291 g/mol. The zero-order chi connectivity index (χ0) is 14.5. The second-order valence-corrected chi connectivity index (χ2v) is 5.70. The van der Waals surface area contributed by atoms with E-state index in [-0.39, 0.29) is 5.91 Å². The van der Waals surface area contributed by atoms with Crippen molar-refractivity contribution in [3.8, 4) is 0 Å². The normalized spacial score (nSPS) is 10.8. The molecule has 0 radical (unpaired) electrons. The first-order chi connectivity index (χ1) is 9.60. The molecule has 0 saturated carbocycles. The van der Waals surface area contributed by atoms with Crippen molar-refractivity contribution in [2.75, 3.05) is 12.4 Å². The van der Waals surface area contributed by atoms with Crippen LogP contribution in [-0.4, -0.2) is 23.2 Å². The second-order valence-electron chi connectivity index (χ2n) is 4.69. The predicted octanol–water partition coefficient (Wildman–Crippen LogP) is 3.06. The molecule has 6 heteroatoms. The van der Waals surface area contributed by atoms with Gasteiger partial charge in [0.2, 0.25) is 5.13 Å². The van der Waals surface area contributed by atoms with Crippen LogP contribution >= 0.6 is 11.3 Å². The summed E-state index contributed by atoms with van der Waals surface area (Å²) >= 11 is 1.40. The Kier molecular flexibility index (Phi) is 4.81. The maximum Gasteiger partial charge on any atom is 0.257 e. The van der Waals surface area contributed by atoms with Gasteiger partial charge in [-0.2, -0.15) is 0 Å². The number of hydrogen-bond donors (Lipinski definition) is 1. The highest BCUT2D eigenvalue weighted by Gasteiger charge is 2.12. The maximum atomic E-state index is 12.1. The first-order valence-electron chi connectivity index (χ1n) is 6.32. The van der Waals surface area contributed by atoms with Gasteiger partial charge in [-0.15, -0.1) is 10.2 Å². The minimum atomic E-state index is -0.186. The molecule has 1 aromatic carbocycles. The van der Waals surface area contributed by atoms with E-state index in [1.54, 1.807) is 13.2 Å². The second kappa shape index (κ2) is 6.58. The summed E-state index contributed by atoms with van der Waals surface area (Å²) in [7, 11) is 1.63. The molecule has 0 saturated heterocycles. The fraction of sp³-hybridized carbons (Fsp3) is 0.357. The Morgan fingerprint density at radius 3 is 2.85 bits per heavy atom. The molecule has 1 amide bonds. The number of nitrogens with zero attached hydrogens (tertiary/aromatic N) is 2. The molecular formula is C14H17N3O2S. The van der Waals surface area contributed by atoms with E-state index in [0.717, 1.165) is 10.6 Å². The number of hydrogen-bond acceptors (Lipinski definition) is 5. The van der Waals surface area contributed by atoms with E-state index in [0.29, 0.717) is 23.2 Å². The van der Waals surface area contributed by atoms with Crippen LogP contribution in [0.4, 0.5) is 5.13 Å². The standard InChI is InChI=1S/C14H17N3O2S/c1-9(2)13-16-17-14(20-13)15-12(18)11-6-4-5-10(7-11)8-19-3/h4-7,9H,8H2,1-3H3,(H,15,17,18). The molecule has 0 atom stereocenters. The van der Waals surface area contributed by atoms with Crippen LogP contribution < -0.4 is 5.32 Å². The summed E-state index contributed by atoms with van der Waals surface area (Å²) in [5.74, 6) is 0.123. The first-order valence-corrected chi connectivity index (χ1v) is 7.14. The molecule has 0 bridgehead atoms. The average Bonchev–Trinajstić information content (AvgIpc) is 2.88. The topological polar surface area (TPSA) is 64.1 Å². The minimum Gasteiger partial charge on any atom is -0.380 e. The summed E-state index contributed by atoms with van der Waals surface area (Å²) < 4.78 is 5.06. The van der Waals surface area contributed by atoms with Crippen LogP contribution in [0.25, 0.3) is 0 Å². The van der Waals surface area contributed by atoms with Crippen molar-refractivity contribution in [3.63, 3.8) is 0 Å². The van der Waals surface area contributed by atoms with Crippen molar-refractivity contribution in [2.45, 2.75) is 26.4 Å².